The van der Waals surface area contributed by atoms with E-state index < -0.39 is 5.97 Å². The number of carboxylic acid groups (broad SMARTS) is 1. The summed E-state index contributed by atoms with van der Waals surface area (Å²) in [6, 6.07) is 0.373. The molecule has 0 bridgehead atoms. The van der Waals surface area contributed by atoms with Crippen molar-refractivity contribution in [1.82, 2.24) is 10.2 Å². The van der Waals surface area contributed by atoms with E-state index in [4.69, 9.17) is 5.11 Å². The van der Waals surface area contributed by atoms with Gasteiger partial charge < -0.3 is 15.3 Å². The molecular weight excluding hydrogens is 208 g/mol. The van der Waals surface area contributed by atoms with Crippen LogP contribution in [0.2, 0.25) is 0 Å². The first kappa shape index (κ1) is 13.0. The van der Waals surface area contributed by atoms with Crippen molar-refractivity contribution in [3.63, 3.8) is 0 Å². The molecule has 0 radical (unpaired) electrons. The molecule has 16 heavy (non-hydrogen) atoms. The van der Waals surface area contributed by atoms with E-state index in [-0.39, 0.29) is 11.8 Å². The number of nitrogens with one attached hydrogen (secondary N) is 1. The Kier molecular flexibility index (Phi) is 4.73. The minimum atomic E-state index is -0.796. The van der Waals surface area contributed by atoms with E-state index in [1.165, 1.54) is 0 Å². The maximum atomic E-state index is 11.7. The molecule has 2 N–H and O–H groups in total. The van der Waals surface area contributed by atoms with Gasteiger partial charge in [-0.1, -0.05) is 13.8 Å². The number of rotatable bonds is 5. The minimum Gasteiger partial charge on any atom is -0.481 e. The average Bonchev–Trinajstić information content (AvgIpc) is 2.65. The highest BCUT2D eigenvalue weighted by molar-refractivity contribution is 5.78. The van der Waals surface area contributed by atoms with Crippen LogP contribution in [-0.4, -0.2) is 47.6 Å². The Labute approximate surface area is 95.8 Å². The van der Waals surface area contributed by atoms with E-state index in [1.54, 1.807) is 4.90 Å². The van der Waals surface area contributed by atoms with E-state index >= 15 is 0 Å². The number of aliphatic carboxylic acids is 1. The van der Waals surface area contributed by atoms with Gasteiger partial charge in [0, 0.05) is 32.1 Å². The smallest absolute Gasteiger partial charge is 0.308 e. The molecule has 0 aromatic heterocycles. The lowest BCUT2D eigenvalue weighted by molar-refractivity contribution is -0.141. The maximum absolute atomic E-state index is 11.7. The second-order valence-corrected chi connectivity index (χ2v) is 4.52. The number of carbonyl (C=O) groups is 2. The molecule has 5 heteroatoms. The van der Waals surface area contributed by atoms with Gasteiger partial charge in [-0.05, 0) is 6.42 Å². The van der Waals surface area contributed by atoms with E-state index in [0.29, 0.717) is 38.5 Å². The molecule has 0 spiro atoms. The first-order chi connectivity index (χ1) is 7.50. The fourth-order valence-electron chi connectivity index (χ4n) is 1.81. The third kappa shape index (κ3) is 3.81. The number of likely N-dealkylation sites (tertiary alicyclic amines) is 1. The zero-order valence-corrected chi connectivity index (χ0v) is 9.90. The standard InChI is InChI=1S/C11H20N2O3/c1-8(2)12-5-3-10(14)13-6-4-9(7-13)11(15)16/h8-9,12H,3-7H2,1-2H3,(H,15,16). The van der Waals surface area contributed by atoms with Crippen LogP contribution in [0, 0.1) is 5.92 Å². The van der Waals surface area contributed by atoms with Gasteiger partial charge in [0.1, 0.15) is 0 Å². The van der Waals surface area contributed by atoms with Crippen molar-refractivity contribution < 1.29 is 14.7 Å². The van der Waals surface area contributed by atoms with Crippen molar-refractivity contribution in [1.29, 1.82) is 0 Å². The Morgan fingerprint density at radius 1 is 1.50 bits per heavy atom. The molecule has 1 fully saturated rings. The molecule has 1 unspecified atom stereocenters. The third-order valence-corrected chi connectivity index (χ3v) is 2.78. The van der Waals surface area contributed by atoms with E-state index in [0.717, 1.165) is 0 Å². The molecule has 1 heterocycles. The van der Waals surface area contributed by atoms with Crippen molar-refractivity contribution in [3.05, 3.63) is 0 Å². The quantitative estimate of drug-likeness (QED) is 0.710. The zero-order valence-electron chi connectivity index (χ0n) is 9.90. The van der Waals surface area contributed by atoms with Crippen LogP contribution in [0.5, 0.6) is 0 Å². The topological polar surface area (TPSA) is 69.6 Å². The van der Waals surface area contributed by atoms with Gasteiger partial charge in [0.15, 0.2) is 0 Å². The number of carbonyl (C=O) groups excluding carboxylic acids is 1. The van der Waals surface area contributed by atoms with E-state index in [9.17, 15) is 9.59 Å². The Hall–Kier alpha value is -1.10. The summed E-state index contributed by atoms with van der Waals surface area (Å²) in [5.41, 5.74) is 0. The van der Waals surface area contributed by atoms with Gasteiger partial charge in [-0.15, -0.1) is 0 Å². The highest BCUT2D eigenvalue weighted by atomic mass is 16.4. The number of carboxylic acids is 1. The van der Waals surface area contributed by atoms with E-state index in [2.05, 4.69) is 5.32 Å². The van der Waals surface area contributed by atoms with Crippen molar-refractivity contribution in [2.45, 2.75) is 32.7 Å². The molecule has 5 nitrogen and oxygen atoms in total. The van der Waals surface area contributed by atoms with E-state index in [1.807, 2.05) is 13.8 Å². The Morgan fingerprint density at radius 3 is 2.69 bits per heavy atom. The first-order valence-electron chi connectivity index (χ1n) is 5.74. The minimum absolute atomic E-state index is 0.0527. The second kappa shape index (κ2) is 5.84. The molecule has 92 valence electrons. The predicted octanol–water partition coefficient (Wildman–Crippen LogP) is 0.308. The summed E-state index contributed by atoms with van der Waals surface area (Å²) in [5.74, 6) is -1.12. The monoisotopic (exact) mass is 228 g/mol. The largest absolute Gasteiger partial charge is 0.481 e. The summed E-state index contributed by atoms with van der Waals surface area (Å²) in [5, 5.41) is 12.0. The third-order valence-electron chi connectivity index (χ3n) is 2.78. The zero-order chi connectivity index (χ0) is 12.1. The van der Waals surface area contributed by atoms with Crippen LogP contribution in [0.1, 0.15) is 26.7 Å². The van der Waals surface area contributed by atoms with Crippen molar-refractivity contribution in [2.75, 3.05) is 19.6 Å². The molecular formula is C11H20N2O3. The molecule has 1 aliphatic heterocycles. The summed E-state index contributed by atoms with van der Waals surface area (Å²) in [6.45, 7) is 5.67. The van der Waals surface area contributed by atoms with Crippen molar-refractivity contribution in [2.24, 2.45) is 5.92 Å². The van der Waals surface area contributed by atoms with Gasteiger partial charge in [-0.3, -0.25) is 9.59 Å². The summed E-state index contributed by atoms with van der Waals surface area (Å²) >= 11 is 0. The Morgan fingerprint density at radius 2 is 2.19 bits per heavy atom. The summed E-state index contributed by atoms with van der Waals surface area (Å²) in [7, 11) is 0. The maximum Gasteiger partial charge on any atom is 0.308 e. The lowest BCUT2D eigenvalue weighted by Gasteiger charge is -2.16. The van der Waals surface area contributed by atoms with Crippen LogP contribution in [0.4, 0.5) is 0 Å². The lowest BCUT2D eigenvalue weighted by atomic mass is 10.1. The van der Waals surface area contributed by atoms with Crippen LogP contribution >= 0.6 is 0 Å². The average molecular weight is 228 g/mol. The molecule has 1 aliphatic rings. The molecule has 1 rings (SSSR count). The molecule has 1 atom stereocenters. The number of hydrogen-bond acceptors (Lipinski definition) is 3. The van der Waals surface area contributed by atoms with Gasteiger partial charge in [-0.2, -0.15) is 0 Å². The van der Waals surface area contributed by atoms with Gasteiger partial charge in [0.25, 0.3) is 0 Å². The lowest BCUT2D eigenvalue weighted by Crippen LogP contribution is -2.33. The van der Waals surface area contributed by atoms with Gasteiger partial charge in [0.2, 0.25) is 5.91 Å². The van der Waals surface area contributed by atoms with Crippen molar-refractivity contribution >= 4 is 11.9 Å². The van der Waals surface area contributed by atoms with Crippen LogP contribution < -0.4 is 5.32 Å². The number of nitrogens with zero attached hydrogens (tertiary/aromatic N) is 1. The Balaban J connectivity index is 2.26. The Bertz CT molecular complexity index is 266. The highest BCUT2D eigenvalue weighted by Crippen LogP contribution is 2.16. The molecule has 0 aromatic rings. The van der Waals surface area contributed by atoms with Gasteiger partial charge in [0.05, 0.1) is 5.92 Å². The SMILES string of the molecule is CC(C)NCCC(=O)N1CCC(C(=O)O)C1. The van der Waals surface area contributed by atoms with Crippen LogP contribution in [0.15, 0.2) is 0 Å². The van der Waals surface area contributed by atoms with Gasteiger partial charge >= 0.3 is 5.97 Å². The van der Waals surface area contributed by atoms with Crippen LogP contribution in [0.25, 0.3) is 0 Å². The summed E-state index contributed by atoms with van der Waals surface area (Å²) in [6.07, 6.45) is 1.03. The molecule has 1 saturated heterocycles. The molecule has 0 saturated carbocycles. The van der Waals surface area contributed by atoms with Crippen LogP contribution in [0.3, 0.4) is 0 Å². The fourth-order valence-corrected chi connectivity index (χ4v) is 1.81. The highest BCUT2D eigenvalue weighted by Gasteiger charge is 2.30. The molecule has 0 aliphatic carbocycles. The molecule has 1 amide bonds. The van der Waals surface area contributed by atoms with Crippen LogP contribution in [-0.2, 0) is 9.59 Å². The second-order valence-electron chi connectivity index (χ2n) is 4.52. The first-order valence-corrected chi connectivity index (χ1v) is 5.74. The number of amides is 1. The fraction of sp³-hybridized carbons (Fsp3) is 0.818. The summed E-state index contributed by atoms with van der Waals surface area (Å²) in [4.78, 5) is 24.1. The molecule has 0 aromatic carbocycles. The predicted molar refractivity (Wildman–Crippen MR) is 60.1 cm³/mol. The normalized spacial score (nSPS) is 20.4. The van der Waals surface area contributed by atoms with Crippen molar-refractivity contribution in [3.8, 4) is 0 Å². The number of hydrogen-bond donors (Lipinski definition) is 2. The summed E-state index contributed by atoms with van der Waals surface area (Å²) < 4.78 is 0. The van der Waals surface area contributed by atoms with Gasteiger partial charge in [-0.25, -0.2) is 0 Å².